The first-order chi connectivity index (χ1) is 6.74. The van der Waals surface area contributed by atoms with Crippen molar-refractivity contribution < 1.29 is 4.79 Å². The summed E-state index contributed by atoms with van der Waals surface area (Å²) < 4.78 is 1.75. The number of carbonyl (C=O) groups is 1. The summed E-state index contributed by atoms with van der Waals surface area (Å²) in [6.07, 6.45) is 6.58. The van der Waals surface area contributed by atoms with Crippen LogP contribution in [0.4, 0.5) is 0 Å². The van der Waals surface area contributed by atoms with Gasteiger partial charge in [0.15, 0.2) is 5.16 Å². The number of amides is 1. The zero-order chi connectivity index (χ0) is 10.4. The van der Waals surface area contributed by atoms with Crippen LogP contribution in [0.1, 0.15) is 0 Å². The second-order valence-electron chi connectivity index (χ2n) is 2.49. The van der Waals surface area contributed by atoms with Crippen molar-refractivity contribution in [2.45, 2.75) is 5.16 Å². The van der Waals surface area contributed by atoms with Gasteiger partial charge < -0.3 is 9.88 Å². The van der Waals surface area contributed by atoms with E-state index in [1.807, 2.05) is 7.05 Å². The lowest BCUT2D eigenvalue weighted by Crippen LogP contribution is -2.25. The maximum absolute atomic E-state index is 11.1. The lowest BCUT2D eigenvalue weighted by molar-refractivity contribution is -0.118. The smallest absolute Gasteiger partial charge is 0.231 e. The van der Waals surface area contributed by atoms with Crippen molar-refractivity contribution in [2.75, 3.05) is 12.3 Å². The molecule has 0 aromatic carbocycles. The van der Waals surface area contributed by atoms with Crippen LogP contribution in [0.25, 0.3) is 0 Å². The molecule has 14 heavy (non-hydrogen) atoms. The van der Waals surface area contributed by atoms with E-state index in [9.17, 15) is 4.79 Å². The molecule has 0 bridgehead atoms. The number of nitrogens with one attached hydrogen (secondary N) is 1. The predicted molar refractivity (Wildman–Crippen MR) is 53.6 cm³/mol. The molecule has 0 radical (unpaired) electrons. The molecule has 0 fully saturated rings. The Morgan fingerprint density at radius 1 is 1.86 bits per heavy atom. The molecule has 1 amide bonds. The summed E-state index contributed by atoms with van der Waals surface area (Å²) in [7, 11) is 1.82. The van der Waals surface area contributed by atoms with Crippen LogP contribution in [0, 0.1) is 12.3 Å². The van der Waals surface area contributed by atoms with Crippen molar-refractivity contribution in [1.82, 2.24) is 20.1 Å². The van der Waals surface area contributed by atoms with E-state index in [0.717, 1.165) is 0 Å². The van der Waals surface area contributed by atoms with Crippen molar-refractivity contribution in [3.8, 4) is 12.3 Å². The summed E-state index contributed by atoms with van der Waals surface area (Å²) in [5.74, 6) is 2.53. The highest BCUT2D eigenvalue weighted by atomic mass is 32.2. The molecule has 0 aliphatic heterocycles. The molecule has 5 nitrogen and oxygen atoms in total. The minimum atomic E-state index is -0.101. The van der Waals surface area contributed by atoms with Crippen LogP contribution in [0.3, 0.4) is 0 Å². The Hall–Kier alpha value is -1.48. The fourth-order valence-corrected chi connectivity index (χ4v) is 1.45. The zero-order valence-corrected chi connectivity index (χ0v) is 8.54. The number of hydrogen-bond acceptors (Lipinski definition) is 4. The van der Waals surface area contributed by atoms with Crippen LogP contribution in [-0.4, -0.2) is 33.0 Å². The highest BCUT2D eigenvalue weighted by Gasteiger charge is 2.05. The molecular weight excluding hydrogens is 200 g/mol. The summed E-state index contributed by atoms with van der Waals surface area (Å²) in [5, 5.41) is 10.8. The lowest BCUT2D eigenvalue weighted by atomic mass is 10.6. The van der Waals surface area contributed by atoms with E-state index < -0.39 is 0 Å². The summed E-state index contributed by atoms with van der Waals surface area (Å²) in [6.45, 7) is 0.262. The average Bonchev–Trinajstić information content (AvgIpc) is 2.58. The highest BCUT2D eigenvalue weighted by molar-refractivity contribution is 7.99. The monoisotopic (exact) mass is 210 g/mol. The Morgan fingerprint density at radius 2 is 2.64 bits per heavy atom. The van der Waals surface area contributed by atoms with Gasteiger partial charge in [-0.05, 0) is 0 Å². The molecule has 1 aromatic rings. The molecule has 0 saturated heterocycles. The fraction of sp³-hybridized carbons (Fsp3) is 0.375. The van der Waals surface area contributed by atoms with E-state index in [4.69, 9.17) is 6.42 Å². The van der Waals surface area contributed by atoms with E-state index in [2.05, 4.69) is 21.4 Å². The van der Waals surface area contributed by atoms with Crippen LogP contribution in [0.15, 0.2) is 11.5 Å². The third-order valence-electron chi connectivity index (χ3n) is 1.39. The van der Waals surface area contributed by atoms with Crippen LogP contribution in [0.2, 0.25) is 0 Å². The largest absolute Gasteiger partial charge is 0.344 e. The Morgan fingerprint density at radius 3 is 3.21 bits per heavy atom. The van der Waals surface area contributed by atoms with Gasteiger partial charge in [0.1, 0.15) is 6.33 Å². The first-order valence-corrected chi connectivity index (χ1v) is 4.89. The Kier molecular flexibility index (Phi) is 4.01. The number of aromatic nitrogens is 3. The first kappa shape index (κ1) is 10.6. The minimum Gasteiger partial charge on any atom is -0.344 e. The summed E-state index contributed by atoms with van der Waals surface area (Å²) in [5.41, 5.74) is 0. The minimum absolute atomic E-state index is 0.101. The van der Waals surface area contributed by atoms with Gasteiger partial charge in [0, 0.05) is 7.05 Å². The van der Waals surface area contributed by atoms with Gasteiger partial charge in [0.2, 0.25) is 5.91 Å². The van der Waals surface area contributed by atoms with Gasteiger partial charge in [-0.3, -0.25) is 4.79 Å². The van der Waals surface area contributed by atoms with E-state index in [0.29, 0.717) is 10.9 Å². The molecule has 0 unspecified atom stereocenters. The number of thioether (sulfide) groups is 1. The standard InChI is InChI=1S/C8H10N4OS/c1-3-4-9-7(13)5-14-8-11-10-6-12(8)2/h1,6H,4-5H2,2H3,(H,9,13). The van der Waals surface area contributed by atoms with Gasteiger partial charge in [-0.25, -0.2) is 0 Å². The van der Waals surface area contributed by atoms with E-state index in [-0.39, 0.29) is 12.5 Å². The summed E-state index contributed by atoms with van der Waals surface area (Å²) in [6, 6.07) is 0. The van der Waals surface area contributed by atoms with Crippen molar-refractivity contribution >= 4 is 17.7 Å². The van der Waals surface area contributed by atoms with Crippen molar-refractivity contribution in [3.05, 3.63) is 6.33 Å². The number of aryl methyl sites for hydroxylation is 1. The van der Waals surface area contributed by atoms with Gasteiger partial charge >= 0.3 is 0 Å². The topological polar surface area (TPSA) is 59.8 Å². The van der Waals surface area contributed by atoms with Gasteiger partial charge in [0.05, 0.1) is 12.3 Å². The molecule has 74 valence electrons. The fourth-order valence-electron chi connectivity index (χ4n) is 0.734. The summed E-state index contributed by atoms with van der Waals surface area (Å²) in [4.78, 5) is 11.1. The van der Waals surface area contributed by atoms with Crippen LogP contribution >= 0.6 is 11.8 Å². The van der Waals surface area contributed by atoms with Crippen LogP contribution < -0.4 is 5.32 Å². The normalized spacial score (nSPS) is 9.43. The van der Waals surface area contributed by atoms with Crippen LogP contribution in [-0.2, 0) is 11.8 Å². The second kappa shape index (κ2) is 5.29. The molecule has 1 heterocycles. The first-order valence-electron chi connectivity index (χ1n) is 3.91. The Balaban J connectivity index is 2.31. The summed E-state index contributed by atoms with van der Waals surface area (Å²) >= 11 is 1.32. The highest BCUT2D eigenvalue weighted by Crippen LogP contribution is 2.11. The molecule has 6 heteroatoms. The van der Waals surface area contributed by atoms with Gasteiger partial charge in [-0.2, -0.15) is 0 Å². The van der Waals surface area contributed by atoms with E-state index in [1.54, 1.807) is 10.9 Å². The molecule has 0 aliphatic rings. The Bertz CT molecular complexity index is 354. The molecule has 1 N–H and O–H groups in total. The third-order valence-corrected chi connectivity index (χ3v) is 2.42. The van der Waals surface area contributed by atoms with Crippen molar-refractivity contribution in [3.63, 3.8) is 0 Å². The number of terminal acetylenes is 1. The lowest BCUT2D eigenvalue weighted by Gasteiger charge is -2.00. The molecule has 0 atom stereocenters. The molecule has 1 rings (SSSR count). The number of carbonyl (C=O) groups excluding carboxylic acids is 1. The number of nitrogens with zero attached hydrogens (tertiary/aromatic N) is 3. The molecule has 1 aromatic heterocycles. The molecule has 0 spiro atoms. The number of hydrogen-bond donors (Lipinski definition) is 1. The molecular formula is C8H10N4OS. The third kappa shape index (κ3) is 3.11. The van der Waals surface area contributed by atoms with E-state index in [1.165, 1.54) is 11.8 Å². The Labute approximate surface area is 86.3 Å². The average molecular weight is 210 g/mol. The maximum atomic E-state index is 11.1. The van der Waals surface area contributed by atoms with Crippen LogP contribution in [0.5, 0.6) is 0 Å². The maximum Gasteiger partial charge on any atom is 0.231 e. The quantitative estimate of drug-likeness (QED) is 0.545. The SMILES string of the molecule is C#CCNC(=O)CSc1nncn1C. The van der Waals surface area contributed by atoms with Gasteiger partial charge in [0.25, 0.3) is 0 Å². The zero-order valence-electron chi connectivity index (χ0n) is 7.73. The second-order valence-corrected chi connectivity index (χ2v) is 3.44. The number of rotatable bonds is 4. The van der Waals surface area contributed by atoms with Crippen molar-refractivity contribution in [2.24, 2.45) is 7.05 Å². The molecule has 0 saturated carbocycles. The van der Waals surface area contributed by atoms with E-state index >= 15 is 0 Å². The predicted octanol–water partition coefficient (Wildman–Crippen LogP) is -0.343. The van der Waals surface area contributed by atoms with Crippen molar-refractivity contribution in [1.29, 1.82) is 0 Å². The molecule has 0 aliphatic carbocycles. The van der Waals surface area contributed by atoms with Gasteiger partial charge in [-0.15, -0.1) is 16.6 Å². The van der Waals surface area contributed by atoms with Gasteiger partial charge in [-0.1, -0.05) is 17.7 Å².